The van der Waals surface area contributed by atoms with Crippen LogP contribution in [0.3, 0.4) is 0 Å². The molecule has 6 nitrogen and oxygen atoms in total. The number of urea groups is 1. The number of para-hydroxylation sites is 1. The molecule has 1 aliphatic heterocycles. The Balaban J connectivity index is 1.53. The molecule has 1 aliphatic rings. The van der Waals surface area contributed by atoms with E-state index in [4.69, 9.17) is 4.42 Å². The zero-order valence-corrected chi connectivity index (χ0v) is 15.0. The molecular formula is C19H25N3O3. The van der Waals surface area contributed by atoms with Gasteiger partial charge in [-0.2, -0.15) is 0 Å². The van der Waals surface area contributed by atoms with E-state index in [2.05, 4.69) is 5.32 Å². The van der Waals surface area contributed by atoms with Gasteiger partial charge < -0.3 is 19.5 Å². The Morgan fingerprint density at radius 1 is 1.36 bits per heavy atom. The Bertz CT molecular complexity index is 735. The first-order valence-electron chi connectivity index (χ1n) is 8.72. The third-order valence-corrected chi connectivity index (χ3v) is 4.54. The number of likely N-dealkylation sites (tertiary alicyclic amines) is 1. The summed E-state index contributed by atoms with van der Waals surface area (Å²) in [5, 5.41) is 4.04. The van der Waals surface area contributed by atoms with Crippen LogP contribution < -0.4 is 5.32 Å². The van der Waals surface area contributed by atoms with Crippen molar-refractivity contribution >= 4 is 22.9 Å². The maximum atomic E-state index is 12.4. The molecule has 1 fully saturated rings. The summed E-state index contributed by atoms with van der Waals surface area (Å²) in [5.74, 6) is 0.888. The summed E-state index contributed by atoms with van der Waals surface area (Å²) in [5.41, 5.74) is 0.824. The van der Waals surface area contributed by atoms with Crippen LogP contribution in [-0.4, -0.2) is 47.9 Å². The molecule has 1 saturated heterocycles. The van der Waals surface area contributed by atoms with E-state index in [-0.39, 0.29) is 23.9 Å². The average molecular weight is 343 g/mol. The largest absolute Gasteiger partial charge is 0.459 e. The number of hydrogen-bond donors (Lipinski definition) is 1. The van der Waals surface area contributed by atoms with E-state index in [0.29, 0.717) is 19.6 Å². The van der Waals surface area contributed by atoms with Crippen LogP contribution in [0.1, 0.15) is 26.0 Å². The highest BCUT2D eigenvalue weighted by molar-refractivity contribution is 5.79. The molecule has 6 heteroatoms. The minimum Gasteiger partial charge on any atom is -0.459 e. The van der Waals surface area contributed by atoms with E-state index in [9.17, 15) is 9.59 Å². The molecule has 2 heterocycles. The van der Waals surface area contributed by atoms with E-state index in [0.717, 1.165) is 23.2 Å². The average Bonchev–Trinajstić information content (AvgIpc) is 3.19. The number of furan rings is 1. The van der Waals surface area contributed by atoms with Gasteiger partial charge in [0.2, 0.25) is 5.91 Å². The van der Waals surface area contributed by atoms with Crippen LogP contribution in [0, 0.1) is 5.92 Å². The molecule has 25 heavy (non-hydrogen) atoms. The molecule has 0 bridgehead atoms. The number of hydrogen-bond acceptors (Lipinski definition) is 3. The van der Waals surface area contributed by atoms with Gasteiger partial charge in [-0.3, -0.25) is 4.79 Å². The van der Waals surface area contributed by atoms with Gasteiger partial charge in [0.05, 0.1) is 6.54 Å². The van der Waals surface area contributed by atoms with E-state index in [1.807, 2.05) is 49.1 Å². The van der Waals surface area contributed by atoms with Crippen LogP contribution in [0.4, 0.5) is 4.79 Å². The summed E-state index contributed by atoms with van der Waals surface area (Å²) in [4.78, 5) is 27.9. The lowest BCUT2D eigenvalue weighted by atomic mass is 10.2. The van der Waals surface area contributed by atoms with Gasteiger partial charge in [0.25, 0.3) is 0 Å². The standard InChI is InChI=1S/C19H25N3O3/c1-13(2)18(23)22-9-8-15(11-22)20-19(24)21(3)12-16-10-14-6-4-5-7-17(14)25-16/h4-7,10,13,15H,8-9,11-12H2,1-3H3,(H,20,24)/t15-/m0/s1. The van der Waals surface area contributed by atoms with Crippen LogP contribution in [0.15, 0.2) is 34.7 Å². The minimum atomic E-state index is -0.149. The van der Waals surface area contributed by atoms with Crippen molar-refractivity contribution in [3.05, 3.63) is 36.1 Å². The molecule has 0 saturated carbocycles. The van der Waals surface area contributed by atoms with Gasteiger partial charge in [-0.1, -0.05) is 32.0 Å². The second-order valence-corrected chi connectivity index (χ2v) is 6.98. The molecule has 3 amide bonds. The lowest BCUT2D eigenvalue weighted by Crippen LogP contribution is -2.44. The second kappa shape index (κ2) is 7.17. The number of amides is 3. The molecule has 3 rings (SSSR count). The van der Waals surface area contributed by atoms with Gasteiger partial charge in [0.15, 0.2) is 0 Å². The SMILES string of the molecule is CC(C)C(=O)N1CC[C@H](NC(=O)N(C)Cc2cc3ccccc3o2)C1. The molecule has 134 valence electrons. The molecule has 0 spiro atoms. The van der Waals surface area contributed by atoms with E-state index < -0.39 is 0 Å². The maximum Gasteiger partial charge on any atom is 0.317 e. The molecule has 1 aromatic carbocycles. The van der Waals surface area contributed by atoms with Crippen molar-refractivity contribution in [2.45, 2.75) is 32.9 Å². The van der Waals surface area contributed by atoms with E-state index in [1.165, 1.54) is 0 Å². The third-order valence-electron chi connectivity index (χ3n) is 4.54. The number of carbonyl (C=O) groups excluding carboxylic acids is 2. The lowest BCUT2D eigenvalue weighted by Gasteiger charge is -2.21. The van der Waals surface area contributed by atoms with Gasteiger partial charge >= 0.3 is 6.03 Å². The van der Waals surface area contributed by atoms with E-state index in [1.54, 1.807) is 11.9 Å². The molecule has 0 aliphatic carbocycles. The van der Waals surface area contributed by atoms with Crippen molar-refractivity contribution in [3.63, 3.8) is 0 Å². The van der Waals surface area contributed by atoms with Crippen LogP contribution in [0.25, 0.3) is 11.0 Å². The van der Waals surface area contributed by atoms with Gasteiger partial charge in [0, 0.05) is 37.5 Å². The Hall–Kier alpha value is -2.50. The van der Waals surface area contributed by atoms with Crippen molar-refractivity contribution in [3.8, 4) is 0 Å². The van der Waals surface area contributed by atoms with Crippen molar-refractivity contribution in [2.24, 2.45) is 5.92 Å². The first kappa shape index (κ1) is 17.3. The fourth-order valence-corrected chi connectivity index (χ4v) is 3.15. The topological polar surface area (TPSA) is 65.8 Å². The second-order valence-electron chi connectivity index (χ2n) is 6.98. The summed E-state index contributed by atoms with van der Waals surface area (Å²) in [7, 11) is 1.74. The number of benzene rings is 1. The first-order valence-corrected chi connectivity index (χ1v) is 8.72. The Morgan fingerprint density at radius 3 is 2.84 bits per heavy atom. The predicted molar refractivity (Wildman–Crippen MR) is 96.0 cm³/mol. The summed E-state index contributed by atoms with van der Waals surface area (Å²) < 4.78 is 5.76. The van der Waals surface area contributed by atoms with Crippen LogP contribution in [0.2, 0.25) is 0 Å². The van der Waals surface area contributed by atoms with Crippen LogP contribution in [-0.2, 0) is 11.3 Å². The fraction of sp³-hybridized carbons (Fsp3) is 0.474. The number of fused-ring (bicyclic) bond motifs is 1. The summed E-state index contributed by atoms with van der Waals surface area (Å²) in [6.45, 7) is 5.49. The molecule has 2 aromatic rings. The fourth-order valence-electron chi connectivity index (χ4n) is 3.15. The van der Waals surface area contributed by atoms with Crippen molar-refractivity contribution < 1.29 is 14.0 Å². The molecular weight excluding hydrogens is 318 g/mol. The maximum absolute atomic E-state index is 12.4. The van der Waals surface area contributed by atoms with Crippen LogP contribution in [0.5, 0.6) is 0 Å². The summed E-state index contributed by atoms with van der Waals surface area (Å²) >= 11 is 0. The zero-order valence-electron chi connectivity index (χ0n) is 15.0. The Labute approximate surface area is 147 Å². The smallest absolute Gasteiger partial charge is 0.317 e. The van der Waals surface area contributed by atoms with Gasteiger partial charge in [-0.05, 0) is 18.6 Å². The van der Waals surface area contributed by atoms with Gasteiger partial charge in [-0.15, -0.1) is 0 Å². The number of nitrogens with zero attached hydrogens (tertiary/aromatic N) is 2. The quantitative estimate of drug-likeness (QED) is 0.928. The van der Waals surface area contributed by atoms with Crippen molar-refractivity contribution in [1.82, 2.24) is 15.1 Å². The minimum absolute atomic E-state index is 0.00771. The first-order chi connectivity index (χ1) is 11.9. The Kier molecular flexibility index (Phi) is 4.97. The molecule has 0 unspecified atom stereocenters. The highest BCUT2D eigenvalue weighted by Gasteiger charge is 2.29. The third kappa shape index (κ3) is 3.95. The normalized spacial score (nSPS) is 17.3. The monoisotopic (exact) mass is 343 g/mol. The highest BCUT2D eigenvalue weighted by atomic mass is 16.3. The molecule has 1 atom stereocenters. The zero-order chi connectivity index (χ0) is 18.0. The number of carbonyl (C=O) groups is 2. The summed E-state index contributed by atoms with van der Waals surface area (Å²) in [6.07, 6.45) is 0.794. The van der Waals surface area contributed by atoms with Gasteiger partial charge in [0.1, 0.15) is 11.3 Å². The number of rotatable bonds is 4. The van der Waals surface area contributed by atoms with Crippen LogP contribution >= 0.6 is 0 Å². The van der Waals surface area contributed by atoms with E-state index >= 15 is 0 Å². The van der Waals surface area contributed by atoms with Gasteiger partial charge in [-0.25, -0.2) is 4.79 Å². The lowest BCUT2D eigenvalue weighted by molar-refractivity contribution is -0.133. The van der Waals surface area contributed by atoms with Crippen molar-refractivity contribution in [1.29, 1.82) is 0 Å². The molecule has 1 N–H and O–H groups in total. The number of nitrogens with one attached hydrogen (secondary N) is 1. The van der Waals surface area contributed by atoms with Crippen molar-refractivity contribution in [2.75, 3.05) is 20.1 Å². The predicted octanol–water partition coefficient (Wildman–Crippen LogP) is 2.83. The Morgan fingerprint density at radius 2 is 2.12 bits per heavy atom. The molecule has 1 aromatic heterocycles. The molecule has 0 radical (unpaired) electrons. The summed E-state index contributed by atoms with van der Waals surface area (Å²) in [6, 6.07) is 9.60. The highest BCUT2D eigenvalue weighted by Crippen LogP contribution is 2.20.